The Hall–Kier alpha value is -0.120. The van der Waals surface area contributed by atoms with Crippen molar-refractivity contribution >= 4 is 0 Å². The Labute approximate surface area is 112 Å². The molecule has 2 heterocycles. The van der Waals surface area contributed by atoms with Crippen LogP contribution in [0.5, 0.6) is 0 Å². The highest BCUT2D eigenvalue weighted by molar-refractivity contribution is 5.03. The average Bonchev–Trinajstić information content (AvgIpc) is 2.46. The maximum Gasteiger partial charge on any atom is 0.0789 e. The van der Waals surface area contributed by atoms with Crippen LogP contribution in [0.2, 0.25) is 0 Å². The molecule has 0 aromatic rings. The lowest BCUT2D eigenvalue weighted by atomic mass is 9.85. The van der Waals surface area contributed by atoms with Gasteiger partial charge in [0.2, 0.25) is 0 Å². The standard InChI is InChI=1S/C15H30N2O/c1-11-7-6-8-17(12(11)10-16)13-9-14(2,3)18-15(13,4)5/h11-13H,6-10,16H2,1-5H3. The number of rotatable bonds is 2. The molecule has 2 saturated heterocycles. The van der Waals surface area contributed by atoms with Crippen molar-refractivity contribution in [3.8, 4) is 0 Å². The third kappa shape index (κ3) is 2.59. The topological polar surface area (TPSA) is 38.5 Å². The van der Waals surface area contributed by atoms with Crippen molar-refractivity contribution in [2.24, 2.45) is 11.7 Å². The summed E-state index contributed by atoms with van der Waals surface area (Å²) in [6.07, 6.45) is 3.73. The minimum absolute atomic E-state index is 0.00595. The van der Waals surface area contributed by atoms with Gasteiger partial charge in [0, 0.05) is 18.6 Å². The summed E-state index contributed by atoms with van der Waals surface area (Å²) in [5.74, 6) is 0.711. The fourth-order valence-corrected chi connectivity index (χ4v) is 4.09. The summed E-state index contributed by atoms with van der Waals surface area (Å²) < 4.78 is 6.25. The van der Waals surface area contributed by atoms with Crippen LogP contribution in [0.4, 0.5) is 0 Å². The van der Waals surface area contributed by atoms with Gasteiger partial charge in [0.15, 0.2) is 0 Å². The molecule has 3 nitrogen and oxygen atoms in total. The molecule has 0 aliphatic carbocycles. The highest BCUT2D eigenvalue weighted by atomic mass is 16.5. The number of nitrogens with zero attached hydrogens (tertiary/aromatic N) is 1. The molecule has 0 aromatic heterocycles. The van der Waals surface area contributed by atoms with E-state index >= 15 is 0 Å². The minimum atomic E-state index is -0.0615. The van der Waals surface area contributed by atoms with Gasteiger partial charge >= 0.3 is 0 Å². The van der Waals surface area contributed by atoms with Crippen molar-refractivity contribution in [2.45, 2.75) is 77.2 Å². The first-order valence-electron chi connectivity index (χ1n) is 7.43. The molecule has 2 aliphatic heterocycles. The van der Waals surface area contributed by atoms with E-state index in [1.54, 1.807) is 0 Å². The maximum atomic E-state index is 6.25. The van der Waals surface area contributed by atoms with Crippen molar-refractivity contribution in [3.63, 3.8) is 0 Å². The summed E-state index contributed by atoms with van der Waals surface area (Å²) in [5, 5.41) is 0. The maximum absolute atomic E-state index is 6.25. The minimum Gasteiger partial charge on any atom is -0.368 e. The second-order valence-electron chi connectivity index (χ2n) is 7.35. The van der Waals surface area contributed by atoms with Crippen LogP contribution in [0.25, 0.3) is 0 Å². The summed E-state index contributed by atoms with van der Waals surface area (Å²) in [4.78, 5) is 2.64. The third-order valence-electron chi connectivity index (χ3n) is 4.83. The predicted molar refractivity (Wildman–Crippen MR) is 75.6 cm³/mol. The van der Waals surface area contributed by atoms with E-state index in [-0.39, 0.29) is 11.2 Å². The van der Waals surface area contributed by atoms with Crippen molar-refractivity contribution in [2.75, 3.05) is 13.1 Å². The zero-order chi connectivity index (χ0) is 13.6. The van der Waals surface area contributed by atoms with Crippen molar-refractivity contribution in [1.29, 1.82) is 0 Å². The van der Waals surface area contributed by atoms with Crippen LogP contribution in [-0.4, -0.2) is 41.3 Å². The van der Waals surface area contributed by atoms with Gasteiger partial charge in [0.1, 0.15) is 0 Å². The van der Waals surface area contributed by atoms with E-state index in [4.69, 9.17) is 10.5 Å². The van der Waals surface area contributed by atoms with Gasteiger partial charge in [-0.05, 0) is 59.4 Å². The zero-order valence-electron chi connectivity index (χ0n) is 12.7. The third-order valence-corrected chi connectivity index (χ3v) is 4.83. The fraction of sp³-hybridized carbons (Fsp3) is 1.00. The van der Waals surface area contributed by atoms with Gasteiger partial charge in [-0.15, -0.1) is 0 Å². The molecule has 0 saturated carbocycles. The number of hydrogen-bond donors (Lipinski definition) is 1. The van der Waals surface area contributed by atoms with E-state index in [2.05, 4.69) is 39.5 Å². The van der Waals surface area contributed by atoms with Crippen LogP contribution in [0, 0.1) is 5.92 Å². The SMILES string of the molecule is CC1CCCN(C2CC(C)(C)OC2(C)C)C1CN. The van der Waals surface area contributed by atoms with Gasteiger partial charge in [-0.3, -0.25) is 4.90 Å². The van der Waals surface area contributed by atoms with Gasteiger partial charge in [-0.1, -0.05) is 6.92 Å². The molecule has 3 unspecified atom stereocenters. The molecule has 0 aromatic carbocycles. The Morgan fingerprint density at radius 2 is 1.94 bits per heavy atom. The van der Waals surface area contributed by atoms with Crippen LogP contribution in [-0.2, 0) is 4.74 Å². The molecule has 3 atom stereocenters. The molecular weight excluding hydrogens is 224 g/mol. The number of hydrogen-bond acceptors (Lipinski definition) is 3. The quantitative estimate of drug-likeness (QED) is 0.822. The molecule has 2 rings (SSSR count). The normalized spacial score (nSPS) is 40.0. The van der Waals surface area contributed by atoms with Crippen LogP contribution < -0.4 is 5.73 Å². The Morgan fingerprint density at radius 1 is 1.28 bits per heavy atom. The van der Waals surface area contributed by atoms with Crippen molar-refractivity contribution < 1.29 is 4.74 Å². The van der Waals surface area contributed by atoms with E-state index in [1.165, 1.54) is 19.4 Å². The fourth-order valence-electron chi connectivity index (χ4n) is 4.09. The first kappa shape index (κ1) is 14.3. The summed E-state index contributed by atoms with van der Waals surface area (Å²) in [7, 11) is 0. The van der Waals surface area contributed by atoms with Crippen LogP contribution in [0.1, 0.15) is 53.9 Å². The van der Waals surface area contributed by atoms with Gasteiger partial charge in [0.25, 0.3) is 0 Å². The molecule has 2 aliphatic rings. The molecule has 18 heavy (non-hydrogen) atoms. The smallest absolute Gasteiger partial charge is 0.0789 e. The first-order chi connectivity index (χ1) is 8.27. The largest absolute Gasteiger partial charge is 0.368 e. The van der Waals surface area contributed by atoms with E-state index in [9.17, 15) is 0 Å². The molecule has 106 valence electrons. The highest BCUT2D eigenvalue weighted by Gasteiger charge is 2.50. The first-order valence-corrected chi connectivity index (χ1v) is 7.43. The number of piperidine rings is 1. The zero-order valence-corrected chi connectivity index (χ0v) is 12.7. The van der Waals surface area contributed by atoms with Gasteiger partial charge < -0.3 is 10.5 Å². The van der Waals surface area contributed by atoms with E-state index in [0.717, 1.165) is 13.0 Å². The molecule has 0 amide bonds. The van der Waals surface area contributed by atoms with Gasteiger partial charge in [-0.25, -0.2) is 0 Å². The predicted octanol–water partition coefficient (Wildman–Crippen LogP) is 2.39. The Kier molecular flexibility index (Phi) is 3.79. The highest BCUT2D eigenvalue weighted by Crippen LogP contribution is 2.42. The Morgan fingerprint density at radius 3 is 2.44 bits per heavy atom. The Balaban J connectivity index is 2.19. The summed E-state index contributed by atoms with van der Waals surface area (Å²) >= 11 is 0. The lowest BCUT2D eigenvalue weighted by Gasteiger charge is -2.46. The number of likely N-dealkylation sites (tertiary alicyclic amines) is 1. The molecule has 0 radical (unpaired) electrons. The average molecular weight is 254 g/mol. The van der Waals surface area contributed by atoms with Gasteiger partial charge in [-0.2, -0.15) is 0 Å². The summed E-state index contributed by atoms with van der Waals surface area (Å²) in [6.45, 7) is 13.2. The summed E-state index contributed by atoms with van der Waals surface area (Å²) in [5.41, 5.74) is 5.96. The lowest BCUT2D eigenvalue weighted by molar-refractivity contribution is -0.0889. The van der Waals surface area contributed by atoms with E-state index in [1.807, 2.05) is 0 Å². The molecular formula is C15H30N2O. The van der Waals surface area contributed by atoms with Crippen molar-refractivity contribution in [3.05, 3.63) is 0 Å². The van der Waals surface area contributed by atoms with E-state index in [0.29, 0.717) is 18.0 Å². The molecule has 3 heteroatoms. The van der Waals surface area contributed by atoms with Crippen LogP contribution in [0.15, 0.2) is 0 Å². The molecule has 2 fully saturated rings. The van der Waals surface area contributed by atoms with E-state index < -0.39 is 0 Å². The molecule has 0 spiro atoms. The summed E-state index contributed by atoms with van der Waals surface area (Å²) in [6, 6.07) is 1.03. The van der Waals surface area contributed by atoms with Gasteiger partial charge in [0.05, 0.1) is 11.2 Å². The van der Waals surface area contributed by atoms with Crippen molar-refractivity contribution in [1.82, 2.24) is 4.90 Å². The monoisotopic (exact) mass is 254 g/mol. The lowest BCUT2D eigenvalue weighted by Crippen LogP contribution is -2.57. The number of ether oxygens (including phenoxy) is 1. The Bertz CT molecular complexity index is 301. The second kappa shape index (κ2) is 4.77. The van der Waals surface area contributed by atoms with Crippen LogP contribution in [0.3, 0.4) is 0 Å². The molecule has 2 N–H and O–H groups in total. The molecule has 0 bridgehead atoms. The second-order valence-corrected chi connectivity index (χ2v) is 7.35. The number of nitrogens with two attached hydrogens (primary N) is 1. The van der Waals surface area contributed by atoms with Crippen LogP contribution >= 0.6 is 0 Å².